The molecule has 11 heteroatoms. The Morgan fingerprint density at radius 2 is 0.696 bits per heavy atom. The van der Waals surface area contributed by atoms with Gasteiger partial charge in [-0.05, 0) is 150 Å². The second-order valence-electron chi connectivity index (χ2n) is 26.3. The van der Waals surface area contributed by atoms with Crippen LogP contribution in [0.15, 0.2) is 326 Å². The molecule has 0 radical (unpaired) electrons. The summed E-state index contributed by atoms with van der Waals surface area (Å²) in [7, 11) is 0. The predicted octanol–water partition coefficient (Wildman–Crippen LogP) is 23.7. The smallest absolute Gasteiger partial charge is 0.164 e. The zero-order valence-corrected chi connectivity index (χ0v) is 55.3. The Bertz CT molecular complexity index is 7240. The lowest BCUT2D eigenvalue weighted by Gasteiger charge is -2.13. The molecule has 8 aromatic heterocycles. The number of hydrogen-bond acceptors (Lipinski definition) is 7. The van der Waals surface area contributed by atoms with Crippen molar-refractivity contribution in [2.75, 3.05) is 0 Å². The predicted molar refractivity (Wildman–Crippen MR) is 420 cm³/mol. The van der Waals surface area contributed by atoms with Crippen LogP contribution in [-0.4, -0.2) is 43.2 Å². The highest BCUT2D eigenvalue weighted by atomic mass is 32.1. The van der Waals surface area contributed by atoms with Gasteiger partial charge in [0.15, 0.2) is 23.3 Å². The van der Waals surface area contributed by atoms with Crippen LogP contribution in [0.1, 0.15) is 0 Å². The lowest BCUT2D eigenvalue weighted by molar-refractivity contribution is 0.677. The molecule has 102 heavy (non-hydrogen) atoms. The summed E-state index contributed by atoms with van der Waals surface area (Å²) in [4.78, 5) is 25.8. The van der Waals surface area contributed by atoms with Crippen molar-refractivity contribution in [2.45, 2.75) is 0 Å². The van der Waals surface area contributed by atoms with E-state index in [1.54, 1.807) is 17.7 Å². The lowest BCUT2D eigenvalue weighted by Crippen LogP contribution is -2.01. The van der Waals surface area contributed by atoms with Crippen LogP contribution in [-0.2, 0) is 0 Å². The third-order valence-electron chi connectivity index (χ3n) is 20.8. The largest absolute Gasteiger partial charge is 0.455 e. The van der Waals surface area contributed by atoms with Gasteiger partial charge >= 0.3 is 0 Å². The van der Waals surface area contributed by atoms with Crippen molar-refractivity contribution in [1.29, 1.82) is 0 Å². The van der Waals surface area contributed by atoms with E-state index in [9.17, 15) is 0 Å². The molecule has 8 heterocycles. The topological polar surface area (TPSA) is 97.3 Å². The van der Waals surface area contributed by atoms with Gasteiger partial charge in [0.2, 0.25) is 0 Å². The Balaban J connectivity index is 0.649. The molecule has 10 nitrogen and oxygen atoms in total. The quantitative estimate of drug-likeness (QED) is 0.143. The maximum absolute atomic E-state index is 7.26. The van der Waals surface area contributed by atoms with Crippen LogP contribution in [0, 0.1) is 0 Å². The Kier molecular flexibility index (Phi) is 12.1. The third-order valence-corrected chi connectivity index (χ3v) is 21.9. The van der Waals surface area contributed by atoms with Crippen LogP contribution in [0.3, 0.4) is 0 Å². The van der Waals surface area contributed by atoms with E-state index in [0.717, 1.165) is 176 Å². The lowest BCUT2D eigenvalue weighted by atomic mass is 9.97. The molecule has 0 spiro atoms. The zero-order chi connectivity index (χ0) is 66.7. The van der Waals surface area contributed by atoms with E-state index in [1.807, 2.05) is 18.2 Å². The molecule has 0 aliphatic heterocycles. The maximum atomic E-state index is 7.26. The number of para-hydroxylation sites is 5. The van der Waals surface area contributed by atoms with E-state index in [1.165, 1.54) is 15.5 Å². The highest BCUT2D eigenvalue weighted by Gasteiger charge is 2.26. The average molecular weight is 1320 g/mol. The van der Waals surface area contributed by atoms with Crippen LogP contribution in [0.25, 0.3) is 209 Å². The molecule has 14 aromatic carbocycles. The first kappa shape index (κ1) is 56.4. The number of aromatic nitrogens is 9. The van der Waals surface area contributed by atoms with Crippen molar-refractivity contribution < 1.29 is 4.42 Å². The number of rotatable bonds is 9. The standard InChI is InChI=1S/C91H53N9OS/c1-4-20-54(21-5-1)88-94-89(55-36-41-61(42-37-55)98-75-34-18-14-30-69(75)83-79(98)49-45-66-65-44-48-78-82(85(65)101-86(66)83)68-29-13-17-33-74(68)97(78)59-22-6-2-7-23-59)96-90(95-88)67-28-11-10-26-62(67)58-38-43-64-72-51-56(39-46-76(72)99(80(64)52-58)60-24-8-3-9-25-60)57-40-47-77-71(50-57)63-27-12-16-32-73(63)100(77)91-87-84(92-53-93-91)70-31-15-19-35-81(70)102-87/h1-53H. The maximum Gasteiger partial charge on any atom is 0.164 e. The van der Waals surface area contributed by atoms with E-state index in [2.05, 4.69) is 316 Å². The van der Waals surface area contributed by atoms with Crippen LogP contribution in [0.4, 0.5) is 0 Å². The molecule has 0 saturated carbocycles. The van der Waals surface area contributed by atoms with Crippen molar-refractivity contribution in [2.24, 2.45) is 0 Å². The number of furan rings is 1. The van der Waals surface area contributed by atoms with Crippen LogP contribution in [0.5, 0.6) is 0 Å². The minimum Gasteiger partial charge on any atom is -0.455 e. The van der Waals surface area contributed by atoms with E-state index in [-0.39, 0.29) is 0 Å². The normalized spacial score (nSPS) is 12.1. The van der Waals surface area contributed by atoms with E-state index in [4.69, 9.17) is 29.3 Å². The van der Waals surface area contributed by atoms with Crippen LogP contribution < -0.4 is 0 Å². The molecule has 0 fully saturated rings. The van der Waals surface area contributed by atoms with Crippen molar-refractivity contribution in [1.82, 2.24) is 43.2 Å². The first-order valence-electron chi connectivity index (χ1n) is 34.3. The summed E-state index contributed by atoms with van der Waals surface area (Å²) >= 11 is 1.75. The molecule has 22 aromatic rings. The Morgan fingerprint density at radius 3 is 1.32 bits per heavy atom. The molecule has 0 unspecified atom stereocenters. The van der Waals surface area contributed by atoms with E-state index >= 15 is 0 Å². The Morgan fingerprint density at radius 1 is 0.265 bits per heavy atom. The second kappa shape index (κ2) is 21.9. The van der Waals surface area contributed by atoms with E-state index < -0.39 is 0 Å². The van der Waals surface area contributed by atoms with Gasteiger partial charge in [0.05, 0.1) is 65.1 Å². The number of nitrogens with zero attached hydrogens (tertiary/aromatic N) is 9. The average Bonchev–Trinajstić information content (AvgIpc) is 1.54. The monoisotopic (exact) mass is 1320 g/mol. The molecule has 474 valence electrons. The molecular weight excluding hydrogens is 1270 g/mol. The number of thiophene rings is 1. The van der Waals surface area contributed by atoms with Gasteiger partial charge in [-0.15, -0.1) is 11.3 Å². The second-order valence-corrected chi connectivity index (χ2v) is 27.3. The molecule has 0 bridgehead atoms. The number of hydrogen-bond donors (Lipinski definition) is 0. The Labute approximate surface area is 585 Å². The summed E-state index contributed by atoms with van der Waals surface area (Å²) in [5.41, 5.74) is 21.7. The molecule has 0 atom stereocenters. The van der Waals surface area contributed by atoms with Gasteiger partial charge in [-0.25, -0.2) is 24.9 Å². The van der Waals surface area contributed by atoms with Gasteiger partial charge in [-0.1, -0.05) is 188 Å². The van der Waals surface area contributed by atoms with Crippen molar-refractivity contribution >= 4 is 141 Å². The molecule has 0 saturated heterocycles. The van der Waals surface area contributed by atoms with Gasteiger partial charge in [-0.2, -0.15) is 0 Å². The summed E-state index contributed by atoms with van der Waals surface area (Å²) < 4.78 is 18.9. The fourth-order valence-corrected chi connectivity index (χ4v) is 17.4. The number of fused-ring (bicyclic) bond motifs is 20. The fourth-order valence-electron chi connectivity index (χ4n) is 16.2. The summed E-state index contributed by atoms with van der Waals surface area (Å²) in [6.07, 6.45) is 1.71. The molecular formula is C91H53N9OS. The highest BCUT2D eigenvalue weighted by Crippen LogP contribution is 2.47. The van der Waals surface area contributed by atoms with Gasteiger partial charge in [-0.3, -0.25) is 4.57 Å². The molecule has 0 amide bonds. The molecule has 0 aliphatic carbocycles. The van der Waals surface area contributed by atoms with Gasteiger partial charge in [0.25, 0.3) is 0 Å². The highest BCUT2D eigenvalue weighted by molar-refractivity contribution is 7.26. The van der Waals surface area contributed by atoms with Crippen LogP contribution >= 0.6 is 11.3 Å². The van der Waals surface area contributed by atoms with Gasteiger partial charge < -0.3 is 18.1 Å². The van der Waals surface area contributed by atoms with E-state index in [0.29, 0.717) is 17.5 Å². The summed E-state index contributed by atoms with van der Waals surface area (Å²) in [6, 6.07) is 113. The van der Waals surface area contributed by atoms with Crippen molar-refractivity contribution in [3.8, 4) is 79.3 Å². The summed E-state index contributed by atoms with van der Waals surface area (Å²) in [5, 5.41) is 12.4. The minimum absolute atomic E-state index is 0.575. The molecule has 22 rings (SSSR count). The van der Waals surface area contributed by atoms with Crippen molar-refractivity contribution in [3.63, 3.8) is 0 Å². The first-order valence-corrected chi connectivity index (χ1v) is 35.1. The third kappa shape index (κ3) is 8.37. The van der Waals surface area contributed by atoms with Gasteiger partial charge in [0.1, 0.15) is 17.5 Å². The Hall–Kier alpha value is -13.6. The minimum atomic E-state index is 0.575. The van der Waals surface area contributed by atoms with Crippen LogP contribution in [0.2, 0.25) is 0 Å². The SMILES string of the molecule is c1ccc(-c2nc(-c3ccc(-n4c5ccccc5c5c6oc7c(ccc8c7c7ccccc7n8-c7ccccc7)c6ccc54)cc3)nc(-c3ccccc3-c3ccc4c5cc(-c6ccc7c(c6)c6ccccc6n7-c6ncnc7c6sc6ccccc67)ccc5n(-c5ccccc5)c4c3)n2)cc1. The zero-order valence-electron chi connectivity index (χ0n) is 54.4. The summed E-state index contributed by atoms with van der Waals surface area (Å²) in [5.74, 6) is 2.64. The molecule has 0 N–H and O–H groups in total. The molecule has 0 aliphatic rings. The van der Waals surface area contributed by atoms with Crippen molar-refractivity contribution in [3.05, 3.63) is 322 Å². The van der Waals surface area contributed by atoms with Gasteiger partial charge in [0, 0.05) is 86.9 Å². The number of benzene rings is 14. The summed E-state index contributed by atoms with van der Waals surface area (Å²) in [6.45, 7) is 0. The fraction of sp³-hybridized carbons (Fsp3) is 0. The first-order chi connectivity index (χ1) is 50.6.